The Morgan fingerprint density at radius 3 is 2.72 bits per heavy atom. The first kappa shape index (κ1) is 12.4. The quantitative estimate of drug-likeness (QED) is 0.700. The summed E-state index contributed by atoms with van der Waals surface area (Å²) in [6, 6.07) is 12.6. The number of amides is 1. The lowest BCUT2D eigenvalue weighted by molar-refractivity contribution is 0.0954. The molecule has 2 aromatic rings. The van der Waals surface area contributed by atoms with Crippen LogP contribution in [-0.2, 0) is 0 Å². The predicted octanol–water partition coefficient (Wildman–Crippen LogP) is 2.61. The molecule has 1 aromatic heterocycles. The Kier molecular flexibility index (Phi) is 4.20. The van der Waals surface area contributed by atoms with E-state index in [0.717, 1.165) is 4.47 Å². The van der Waals surface area contributed by atoms with Crippen molar-refractivity contribution in [3.05, 3.63) is 64.4 Å². The van der Waals surface area contributed by atoms with Gasteiger partial charge in [0.15, 0.2) is 0 Å². The zero-order valence-electron chi connectivity index (χ0n) is 9.38. The Morgan fingerprint density at radius 1 is 1.22 bits per heavy atom. The van der Waals surface area contributed by atoms with Gasteiger partial charge in [0.05, 0.1) is 17.5 Å². The van der Waals surface area contributed by atoms with E-state index >= 15 is 0 Å². The minimum Gasteiger partial charge on any atom is -0.267 e. The van der Waals surface area contributed by atoms with Gasteiger partial charge in [-0.3, -0.25) is 9.78 Å². The van der Waals surface area contributed by atoms with E-state index in [4.69, 9.17) is 0 Å². The summed E-state index contributed by atoms with van der Waals surface area (Å²) < 4.78 is 0.732. The van der Waals surface area contributed by atoms with Crippen LogP contribution in [0.3, 0.4) is 0 Å². The maximum Gasteiger partial charge on any atom is 0.272 e. The highest BCUT2D eigenvalue weighted by molar-refractivity contribution is 9.10. The Balaban J connectivity index is 2.01. The molecule has 0 radical (unpaired) electrons. The molecule has 0 aliphatic rings. The van der Waals surface area contributed by atoms with E-state index in [1.165, 1.54) is 6.21 Å². The summed E-state index contributed by atoms with van der Waals surface area (Å²) >= 11 is 3.31. The monoisotopic (exact) mass is 303 g/mol. The number of nitrogens with zero attached hydrogens (tertiary/aromatic N) is 2. The van der Waals surface area contributed by atoms with Gasteiger partial charge in [0.25, 0.3) is 5.91 Å². The molecule has 18 heavy (non-hydrogen) atoms. The van der Waals surface area contributed by atoms with Crippen LogP contribution in [0.4, 0.5) is 0 Å². The lowest BCUT2D eigenvalue weighted by atomic mass is 10.2. The number of rotatable bonds is 3. The van der Waals surface area contributed by atoms with E-state index in [9.17, 15) is 4.79 Å². The van der Waals surface area contributed by atoms with Gasteiger partial charge in [0.2, 0.25) is 0 Å². The van der Waals surface area contributed by atoms with E-state index in [-0.39, 0.29) is 5.91 Å². The van der Waals surface area contributed by atoms with Crippen molar-refractivity contribution in [1.29, 1.82) is 0 Å². The molecule has 0 aliphatic carbocycles. The molecule has 0 unspecified atom stereocenters. The molecule has 0 spiro atoms. The number of benzene rings is 1. The third-order valence-electron chi connectivity index (χ3n) is 2.17. The van der Waals surface area contributed by atoms with Gasteiger partial charge in [-0.05, 0) is 40.2 Å². The van der Waals surface area contributed by atoms with Gasteiger partial charge in [-0.2, -0.15) is 5.10 Å². The second-order valence-corrected chi connectivity index (χ2v) is 4.29. The lowest BCUT2D eigenvalue weighted by Crippen LogP contribution is -2.18. The highest BCUT2D eigenvalue weighted by Gasteiger charge is 2.07. The minimum atomic E-state index is -0.269. The fraction of sp³-hybridized carbons (Fsp3) is 0. The van der Waals surface area contributed by atoms with Crippen LogP contribution in [0.1, 0.15) is 16.1 Å². The standard InChI is InChI=1S/C13H10BrN3O/c14-12-7-2-1-6-11(12)13(18)17-16-9-10-5-3-4-8-15-10/h1-9H,(H,17,18). The number of hydrazone groups is 1. The Hall–Kier alpha value is -2.01. The predicted molar refractivity (Wildman–Crippen MR) is 73.4 cm³/mol. The van der Waals surface area contributed by atoms with Gasteiger partial charge in [-0.25, -0.2) is 5.43 Å². The van der Waals surface area contributed by atoms with Crippen molar-refractivity contribution in [3.8, 4) is 0 Å². The summed E-state index contributed by atoms with van der Waals surface area (Å²) in [5.41, 5.74) is 3.67. The number of nitrogens with one attached hydrogen (secondary N) is 1. The van der Waals surface area contributed by atoms with E-state index in [1.54, 1.807) is 30.5 Å². The zero-order valence-corrected chi connectivity index (χ0v) is 11.0. The van der Waals surface area contributed by atoms with Gasteiger partial charge < -0.3 is 0 Å². The molecule has 0 saturated carbocycles. The van der Waals surface area contributed by atoms with E-state index < -0.39 is 0 Å². The molecule has 0 fully saturated rings. The number of carbonyl (C=O) groups is 1. The fourth-order valence-electron chi connectivity index (χ4n) is 1.31. The van der Waals surface area contributed by atoms with Crippen molar-refractivity contribution < 1.29 is 4.79 Å². The first-order chi connectivity index (χ1) is 8.77. The summed E-state index contributed by atoms with van der Waals surface area (Å²) in [6.07, 6.45) is 3.16. The summed E-state index contributed by atoms with van der Waals surface area (Å²) in [4.78, 5) is 15.8. The highest BCUT2D eigenvalue weighted by Crippen LogP contribution is 2.15. The number of hydrogen-bond acceptors (Lipinski definition) is 3. The number of aromatic nitrogens is 1. The Bertz CT molecular complexity index is 569. The van der Waals surface area contributed by atoms with Gasteiger partial charge in [-0.15, -0.1) is 0 Å². The lowest BCUT2D eigenvalue weighted by Gasteiger charge is -2.01. The average molecular weight is 304 g/mol. The van der Waals surface area contributed by atoms with E-state index in [0.29, 0.717) is 11.3 Å². The van der Waals surface area contributed by atoms with Gasteiger partial charge in [0, 0.05) is 10.7 Å². The van der Waals surface area contributed by atoms with Crippen LogP contribution in [0, 0.1) is 0 Å². The van der Waals surface area contributed by atoms with E-state index in [2.05, 4.69) is 31.4 Å². The molecule has 0 bridgehead atoms. The molecule has 1 aromatic carbocycles. The molecule has 0 saturated heterocycles. The largest absolute Gasteiger partial charge is 0.272 e. The molecule has 90 valence electrons. The molecular formula is C13H10BrN3O. The Morgan fingerprint density at radius 2 is 2.00 bits per heavy atom. The second kappa shape index (κ2) is 6.07. The maximum absolute atomic E-state index is 11.8. The molecule has 0 atom stereocenters. The number of halogens is 1. The third kappa shape index (κ3) is 3.24. The number of carbonyl (C=O) groups excluding carboxylic acids is 1. The number of hydrogen-bond donors (Lipinski definition) is 1. The summed E-state index contributed by atoms with van der Waals surface area (Å²) in [6.45, 7) is 0. The van der Waals surface area contributed by atoms with Crippen molar-refractivity contribution in [2.75, 3.05) is 0 Å². The summed E-state index contributed by atoms with van der Waals surface area (Å²) in [7, 11) is 0. The van der Waals surface area contributed by atoms with E-state index in [1.807, 2.05) is 18.2 Å². The average Bonchev–Trinajstić information content (AvgIpc) is 2.40. The van der Waals surface area contributed by atoms with Crippen LogP contribution in [0.25, 0.3) is 0 Å². The van der Waals surface area contributed by atoms with Gasteiger partial charge in [-0.1, -0.05) is 18.2 Å². The van der Waals surface area contributed by atoms with Crippen molar-refractivity contribution in [3.63, 3.8) is 0 Å². The summed E-state index contributed by atoms with van der Waals surface area (Å²) in [5, 5.41) is 3.85. The van der Waals surface area contributed by atoms with Crippen LogP contribution < -0.4 is 5.43 Å². The highest BCUT2D eigenvalue weighted by atomic mass is 79.9. The van der Waals surface area contributed by atoms with Crippen LogP contribution in [0.2, 0.25) is 0 Å². The molecule has 4 nitrogen and oxygen atoms in total. The van der Waals surface area contributed by atoms with Crippen molar-refractivity contribution in [1.82, 2.24) is 10.4 Å². The van der Waals surface area contributed by atoms with Crippen LogP contribution in [0.5, 0.6) is 0 Å². The maximum atomic E-state index is 11.8. The Labute approximate surface area is 113 Å². The smallest absolute Gasteiger partial charge is 0.267 e. The number of pyridine rings is 1. The van der Waals surface area contributed by atoms with Crippen LogP contribution in [0.15, 0.2) is 58.2 Å². The SMILES string of the molecule is O=C(NN=Cc1ccccn1)c1ccccc1Br. The zero-order chi connectivity index (χ0) is 12.8. The molecular weight excluding hydrogens is 294 g/mol. The fourth-order valence-corrected chi connectivity index (χ4v) is 1.78. The normalized spacial score (nSPS) is 10.5. The van der Waals surface area contributed by atoms with Crippen molar-refractivity contribution in [2.45, 2.75) is 0 Å². The third-order valence-corrected chi connectivity index (χ3v) is 2.86. The van der Waals surface area contributed by atoms with Crippen LogP contribution in [-0.4, -0.2) is 17.1 Å². The van der Waals surface area contributed by atoms with Gasteiger partial charge >= 0.3 is 0 Å². The molecule has 5 heteroatoms. The summed E-state index contributed by atoms with van der Waals surface area (Å²) in [5.74, 6) is -0.269. The molecule has 2 rings (SSSR count). The van der Waals surface area contributed by atoms with Crippen LogP contribution >= 0.6 is 15.9 Å². The molecule has 1 N–H and O–H groups in total. The molecule has 0 aliphatic heterocycles. The first-order valence-corrected chi connectivity index (χ1v) is 6.05. The van der Waals surface area contributed by atoms with Crippen molar-refractivity contribution in [2.24, 2.45) is 5.10 Å². The topological polar surface area (TPSA) is 54.4 Å². The minimum absolute atomic E-state index is 0.269. The molecule has 1 heterocycles. The van der Waals surface area contributed by atoms with Gasteiger partial charge in [0.1, 0.15) is 0 Å². The first-order valence-electron chi connectivity index (χ1n) is 5.26. The molecule has 1 amide bonds. The van der Waals surface area contributed by atoms with Crippen molar-refractivity contribution >= 4 is 28.1 Å². The second-order valence-electron chi connectivity index (χ2n) is 3.43.